The third-order valence-electron chi connectivity index (χ3n) is 1.88. The molecule has 6 heteroatoms. The topological polar surface area (TPSA) is 57.0 Å². The Morgan fingerprint density at radius 3 is 2.80 bits per heavy atom. The van der Waals surface area contributed by atoms with Crippen LogP contribution in [0.3, 0.4) is 0 Å². The number of aldehydes is 1. The fourth-order valence-corrected chi connectivity index (χ4v) is 1.71. The van der Waals surface area contributed by atoms with E-state index in [1.807, 2.05) is 0 Å². The third-order valence-corrected chi connectivity index (χ3v) is 3.58. The van der Waals surface area contributed by atoms with Crippen LogP contribution >= 0.6 is 0 Å². The summed E-state index contributed by atoms with van der Waals surface area (Å²) in [7, 11) is -1.03. The molecule has 0 bridgehead atoms. The van der Waals surface area contributed by atoms with Crippen LogP contribution in [0.4, 0.5) is 0 Å². The molecule has 1 rings (SSSR count). The van der Waals surface area contributed by atoms with Gasteiger partial charge < -0.3 is 4.74 Å². The van der Waals surface area contributed by atoms with Crippen molar-refractivity contribution in [3.63, 3.8) is 0 Å². The molecule has 84 valence electrons. The van der Waals surface area contributed by atoms with Crippen LogP contribution in [0.5, 0.6) is 0 Å². The van der Waals surface area contributed by atoms with Gasteiger partial charge in [0.05, 0.1) is 6.20 Å². The van der Waals surface area contributed by atoms with Gasteiger partial charge in [0.15, 0.2) is 13.0 Å². The number of rotatable bonds is 6. The van der Waals surface area contributed by atoms with Crippen molar-refractivity contribution in [3.8, 4) is 0 Å². The van der Waals surface area contributed by atoms with Crippen molar-refractivity contribution in [1.29, 1.82) is 0 Å². The molecule has 0 unspecified atom stereocenters. The van der Waals surface area contributed by atoms with Crippen molar-refractivity contribution < 1.29 is 9.53 Å². The van der Waals surface area contributed by atoms with E-state index in [-0.39, 0.29) is 0 Å². The molecule has 0 aliphatic rings. The van der Waals surface area contributed by atoms with Gasteiger partial charge in [0, 0.05) is 14.7 Å². The first-order chi connectivity index (χ1) is 7.01. The van der Waals surface area contributed by atoms with Crippen molar-refractivity contribution >= 4 is 14.4 Å². The molecule has 0 aliphatic carbocycles. The fraction of sp³-hybridized carbons (Fsp3) is 0.667. The highest BCUT2D eigenvalue weighted by atomic mass is 28.3. The molecule has 1 heterocycles. The van der Waals surface area contributed by atoms with Gasteiger partial charge in [-0.15, -0.1) is 5.10 Å². The van der Waals surface area contributed by atoms with Crippen LogP contribution in [0.25, 0.3) is 0 Å². The Kier molecular flexibility index (Phi) is 4.16. The molecule has 0 N–H and O–H groups in total. The van der Waals surface area contributed by atoms with Gasteiger partial charge in [0.1, 0.15) is 5.69 Å². The van der Waals surface area contributed by atoms with Crippen molar-refractivity contribution in [2.24, 2.45) is 0 Å². The van der Waals surface area contributed by atoms with E-state index in [1.54, 1.807) is 0 Å². The fourth-order valence-electron chi connectivity index (χ4n) is 0.951. The largest absolute Gasteiger partial charge is 0.358 e. The lowest BCUT2D eigenvalue weighted by molar-refractivity contribution is 0.0682. The van der Waals surface area contributed by atoms with Crippen LogP contribution in [0.15, 0.2) is 6.20 Å². The van der Waals surface area contributed by atoms with Crippen LogP contribution in [0.1, 0.15) is 10.5 Å². The highest BCUT2D eigenvalue weighted by Crippen LogP contribution is 2.07. The van der Waals surface area contributed by atoms with Gasteiger partial charge in [0.2, 0.25) is 0 Å². The van der Waals surface area contributed by atoms with E-state index in [4.69, 9.17) is 4.74 Å². The molecule has 0 atom stereocenters. The lowest BCUT2D eigenvalue weighted by atomic mass is 10.6. The van der Waals surface area contributed by atoms with Gasteiger partial charge in [-0.3, -0.25) is 4.79 Å². The Morgan fingerprint density at radius 1 is 1.53 bits per heavy atom. The van der Waals surface area contributed by atoms with E-state index < -0.39 is 8.07 Å². The molecule has 15 heavy (non-hydrogen) atoms. The first-order valence-electron chi connectivity index (χ1n) is 4.94. The van der Waals surface area contributed by atoms with E-state index in [2.05, 4.69) is 29.8 Å². The summed E-state index contributed by atoms with van der Waals surface area (Å²) in [5.74, 6) is 0. The Hall–Kier alpha value is -1.01. The molecule has 0 saturated heterocycles. The number of aromatic nitrogens is 3. The zero-order valence-electron chi connectivity index (χ0n) is 9.43. The first-order valence-corrected chi connectivity index (χ1v) is 8.65. The van der Waals surface area contributed by atoms with E-state index >= 15 is 0 Å². The number of carbonyl (C=O) groups excluding carboxylic acids is 1. The van der Waals surface area contributed by atoms with Gasteiger partial charge in [0.25, 0.3) is 0 Å². The maximum atomic E-state index is 10.3. The molecule has 0 amide bonds. The Morgan fingerprint density at radius 2 is 2.27 bits per heavy atom. The minimum absolute atomic E-state index is 0.318. The SMILES string of the molecule is C[Si](C)(C)CCOCn1ncc(C=O)n1. The van der Waals surface area contributed by atoms with Crippen LogP contribution in [0, 0.1) is 0 Å². The standard InChI is InChI=1S/C9H17N3O2Si/c1-15(2,3)5-4-14-8-12-10-6-9(7-13)11-12/h6-7H,4-5,8H2,1-3H3. The Labute approximate surface area is 90.4 Å². The van der Waals surface area contributed by atoms with Crippen LogP contribution < -0.4 is 0 Å². The van der Waals surface area contributed by atoms with E-state index in [0.29, 0.717) is 18.7 Å². The van der Waals surface area contributed by atoms with Crippen molar-refractivity contribution in [1.82, 2.24) is 15.0 Å². The smallest absolute Gasteiger partial charge is 0.171 e. The molecule has 1 aromatic heterocycles. The highest BCUT2D eigenvalue weighted by Gasteiger charge is 2.12. The highest BCUT2D eigenvalue weighted by molar-refractivity contribution is 6.76. The maximum Gasteiger partial charge on any atom is 0.171 e. The maximum absolute atomic E-state index is 10.3. The summed E-state index contributed by atoms with van der Waals surface area (Å²) in [5.41, 5.74) is 0.337. The summed E-state index contributed by atoms with van der Waals surface area (Å²) in [6.45, 7) is 7.94. The zero-order valence-corrected chi connectivity index (χ0v) is 10.4. The lowest BCUT2D eigenvalue weighted by Crippen LogP contribution is -2.22. The average molecular weight is 227 g/mol. The molecule has 0 radical (unpaired) electrons. The summed E-state index contributed by atoms with van der Waals surface area (Å²) in [6.07, 6.45) is 2.10. The normalized spacial score (nSPS) is 11.7. The monoisotopic (exact) mass is 227 g/mol. The predicted octanol–water partition coefficient (Wildman–Crippen LogP) is 1.40. The lowest BCUT2D eigenvalue weighted by Gasteiger charge is -2.14. The third kappa shape index (κ3) is 4.85. The zero-order chi connectivity index (χ0) is 11.3. The second-order valence-corrected chi connectivity index (χ2v) is 10.2. The van der Waals surface area contributed by atoms with Gasteiger partial charge in [-0.2, -0.15) is 9.90 Å². The van der Waals surface area contributed by atoms with Crippen molar-refractivity contribution in [2.45, 2.75) is 32.4 Å². The van der Waals surface area contributed by atoms with Crippen LogP contribution in [-0.2, 0) is 11.5 Å². The molecular weight excluding hydrogens is 210 g/mol. The second kappa shape index (κ2) is 5.18. The molecular formula is C9H17N3O2Si. The predicted molar refractivity (Wildman–Crippen MR) is 59.5 cm³/mol. The molecule has 5 nitrogen and oxygen atoms in total. The summed E-state index contributed by atoms with van der Waals surface area (Å²) < 4.78 is 5.41. The summed E-state index contributed by atoms with van der Waals surface area (Å²) in [4.78, 5) is 11.7. The number of ether oxygens (including phenoxy) is 1. The molecule has 0 saturated carbocycles. The quantitative estimate of drug-likeness (QED) is 0.419. The Bertz CT molecular complexity index is 319. The van der Waals surface area contributed by atoms with Crippen molar-refractivity contribution in [3.05, 3.63) is 11.9 Å². The first kappa shape index (κ1) is 12.1. The molecule has 0 aliphatic heterocycles. The number of nitrogens with zero attached hydrogens (tertiary/aromatic N) is 3. The van der Waals surface area contributed by atoms with Crippen molar-refractivity contribution in [2.75, 3.05) is 6.61 Å². The number of hydrogen-bond acceptors (Lipinski definition) is 4. The summed E-state index contributed by atoms with van der Waals surface area (Å²) >= 11 is 0. The summed E-state index contributed by atoms with van der Waals surface area (Å²) in [5, 5.41) is 7.77. The van der Waals surface area contributed by atoms with Gasteiger partial charge in [-0.1, -0.05) is 19.6 Å². The Balaban J connectivity index is 2.23. The summed E-state index contributed by atoms with van der Waals surface area (Å²) in [6, 6.07) is 1.12. The second-order valence-electron chi connectivity index (χ2n) is 4.61. The molecule has 1 aromatic rings. The molecule has 0 aromatic carbocycles. The molecule has 0 spiro atoms. The average Bonchev–Trinajstić information content (AvgIpc) is 2.59. The van der Waals surface area contributed by atoms with E-state index in [1.165, 1.54) is 11.0 Å². The van der Waals surface area contributed by atoms with Crippen LogP contribution in [-0.4, -0.2) is 36.0 Å². The van der Waals surface area contributed by atoms with E-state index in [9.17, 15) is 4.79 Å². The van der Waals surface area contributed by atoms with Gasteiger partial charge in [-0.25, -0.2) is 0 Å². The number of hydrogen-bond donors (Lipinski definition) is 0. The van der Waals surface area contributed by atoms with Gasteiger partial charge >= 0.3 is 0 Å². The minimum Gasteiger partial charge on any atom is -0.358 e. The minimum atomic E-state index is -1.03. The van der Waals surface area contributed by atoms with Gasteiger partial charge in [-0.05, 0) is 6.04 Å². The van der Waals surface area contributed by atoms with Crippen LogP contribution in [0.2, 0.25) is 25.7 Å². The molecule has 0 fully saturated rings. The number of carbonyl (C=O) groups is 1. The van der Waals surface area contributed by atoms with E-state index in [0.717, 1.165) is 12.7 Å².